The molecule has 6 heteroatoms. The van der Waals surface area contributed by atoms with Crippen LogP contribution in [0.1, 0.15) is 13.3 Å². The molecule has 0 aliphatic carbocycles. The first-order chi connectivity index (χ1) is 12.6. The van der Waals surface area contributed by atoms with Gasteiger partial charge < -0.3 is 0 Å². The first kappa shape index (κ1) is 17.1. The summed E-state index contributed by atoms with van der Waals surface area (Å²) in [5.41, 5.74) is 0.343. The average Bonchev–Trinajstić information content (AvgIpc) is 2.64. The average molecular weight is 427 g/mol. The number of fused-ring (bicyclic) bond motifs is 2. The standard InChI is InChI=1S/C20H15BrN2O2S/c1-2-10-23-18(12-6-5-7-13(21)11-12)22-19-16(20(23)25)17(24)14-8-3-4-9-15(14)26-19/h3-9,11H,2,10H2,1H3. The maximum Gasteiger partial charge on any atom is 0.266 e. The van der Waals surface area contributed by atoms with Gasteiger partial charge in [0.1, 0.15) is 16.0 Å². The minimum Gasteiger partial charge on any atom is -0.292 e. The number of rotatable bonds is 3. The normalized spacial score (nSPS) is 11.3. The Bertz CT molecular complexity index is 1260. The molecule has 0 saturated carbocycles. The molecule has 0 spiro atoms. The van der Waals surface area contributed by atoms with Crippen LogP contribution in [0, 0.1) is 0 Å². The van der Waals surface area contributed by atoms with E-state index in [1.807, 2.05) is 49.4 Å². The van der Waals surface area contributed by atoms with Gasteiger partial charge >= 0.3 is 0 Å². The van der Waals surface area contributed by atoms with Gasteiger partial charge in [-0.1, -0.05) is 47.1 Å². The molecule has 0 aliphatic heterocycles. The molecule has 0 atom stereocenters. The topological polar surface area (TPSA) is 52.0 Å². The van der Waals surface area contributed by atoms with Gasteiger partial charge in [-0.25, -0.2) is 4.98 Å². The number of nitrogens with zero attached hydrogens (tertiary/aromatic N) is 2. The molecule has 0 unspecified atom stereocenters. The fourth-order valence-electron chi connectivity index (χ4n) is 3.06. The molecule has 0 amide bonds. The minimum absolute atomic E-state index is 0.181. The highest BCUT2D eigenvalue weighted by molar-refractivity contribution is 9.10. The summed E-state index contributed by atoms with van der Waals surface area (Å²) in [6, 6.07) is 15.1. The molecular formula is C20H15BrN2O2S. The van der Waals surface area contributed by atoms with Crippen molar-refractivity contribution in [3.63, 3.8) is 0 Å². The Balaban J connectivity index is 2.16. The molecule has 130 valence electrons. The second-order valence-corrected chi connectivity index (χ2v) is 7.96. The molecule has 0 aliphatic rings. The largest absolute Gasteiger partial charge is 0.292 e. The van der Waals surface area contributed by atoms with Crippen molar-refractivity contribution in [3.8, 4) is 11.4 Å². The van der Waals surface area contributed by atoms with Gasteiger partial charge in [0.25, 0.3) is 5.56 Å². The van der Waals surface area contributed by atoms with Crippen molar-refractivity contribution >= 4 is 47.6 Å². The van der Waals surface area contributed by atoms with Crippen LogP contribution in [0.15, 0.2) is 62.6 Å². The summed E-state index contributed by atoms with van der Waals surface area (Å²) >= 11 is 4.86. The predicted molar refractivity (Wildman–Crippen MR) is 111 cm³/mol. The zero-order chi connectivity index (χ0) is 18.3. The molecule has 2 aromatic carbocycles. The Labute approximate surface area is 161 Å². The lowest BCUT2D eigenvalue weighted by molar-refractivity contribution is 0.656. The van der Waals surface area contributed by atoms with Crippen LogP contribution in [-0.2, 0) is 6.54 Å². The third-order valence-corrected chi connectivity index (χ3v) is 5.79. The number of hydrogen-bond donors (Lipinski definition) is 0. The van der Waals surface area contributed by atoms with E-state index in [9.17, 15) is 9.59 Å². The molecule has 0 saturated heterocycles. The van der Waals surface area contributed by atoms with E-state index in [2.05, 4.69) is 15.9 Å². The minimum atomic E-state index is -0.265. The fraction of sp³-hybridized carbons (Fsp3) is 0.150. The van der Waals surface area contributed by atoms with Crippen molar-refractivity contribution in [2.45, 2.75) is 19.9 Å². The Morgan fingerprint density at radius 3 is 2.69 bits per heavy atom. The Kier molecular flexibility index (Phi) is 4.46. The van der Waals surface area contributed by atoms with Crippen LogP contribution in [0.3, 0.4) is 0 Å². The van der Waals surface area contributed by atoms with E-state index in [0.717, 1.165) is 21.2 Å². The zero-order valence-corrected chi connectivity index (χ0v) is 16.4. The van der Waals surface area contributed by atoms with Gasteiger partial charge in [0, 0.05) is 26.7 Å². The van der Waals surface area contributed by atoms with E-state index in [-0.39, 0.29) is 16.4 Å². The third kappa shape index (κ3) is 2.79. The van der Waals surface area contributed by atoms with Crippen LogP contribution in [0.5, 0.6) is 0 Å². The Morgan fingerprint density at radius 1 is 1.12 bits per heavy atom. The molecule has 4 aromatic rings. The Hall–Kier alpha value is -2.31. The zero-order valence-electron chi connectivity index (χ0n) is 14.0. The number of benzene rings is 2. The molecule has 0 radical (unpaired) electrons. The van der Waals surface area contributed by atoms with E-state index in [1.165, 1.54) is 11.3 Å². The summed E-state index contributed by atoms with van der Waals surface area (Å²) in [5.74, 6) is 0.594. The van der Waals surface area contributed by atoms with Crippen molar-refractivity contribution < 1.29 is 0 Å². The third-order valence-electron chi connectivity index (χ3n) is 4.23. The summed E-state index contributed by atoms with van der Waals surface area (Å²) in [5, 5.41) is 0.753. The first-order valence-corrected chi connectivity index (χ1v) is 9.93. The molecule has 26 heavy (non-hydrogen) atoms. The summed E-state index contributed by atoms with van der Waals surface area (Å²) < 4.78 is 3.37. The highest BCUT2D eigenvalue weighted by Gasteiger charge is 2.17. The van der Waals surface area contributed by atoms with Gasteiger partial charge in [-0.05, 0) is 30.7 Å². The maximum absolute atomic E-state index is 13.2. The molecule has 0 N–H and O–H groups in total. The van der Waals surface area contributed by atoms with E-state index >= 15 is 0 Å². The molecule has 2 heterocycles. The SMILES string of the molecule is CCCn1c(-c2cccc(Br)c2)nc2sc3ccccc3c(=O)c2c1=O. The highest BCUT2D eigenvalue weighted by atomic mass is 79.9. The van der Waals surface area contributed by atoms with Crippen molar-refractivity contribution in [2.24, 2.45) is 0 Å². The van der Waals surface area contributed by atoms with E-state index in [4.69, 9.17) is 4.98 Å². The molecule has 4 rings (SSSR count). The highest BCUT2D eigenvalue weighted by Crippen LogP contribution is 2.26. The van der Waals surface area contributed by atoms with Crippen LogP contribution in [0.25, 0.3) is 31.7 Å². The van der Waals surface area contributed by atoms with Crippen molar-refractivity contribution in [3.05, 3.63) is 73.6 Å². The molecule has 0 bridgehead atoms. The molecule has 4 nitrogen and oxygen atoms in total. The van der Waals surface area contributed by atoms with Crippen molar-refractivity contribution in [2.75, 3.05) is 0 Å². The smallest absolute Gasteiger partial charge is 0.266 e. The first-order valence-electron chi connectivity index (χ1n) is 8.32. The lowest BCUT2D eigenvalue weighted by atomic mass is 10.2. The predicted octanol–water partition coefficient (Wildman–Crippen LogP) is 4.81. The second kappa shape index (κ2) is 6.78. The van der Waals surface area contributed by atoms with E-state index < -0.39 is 0 Å². The van der Waals surface area contributed by atoms with Crippen molar-refractivity contribution in [1.82, 2.24) is 9.55 Å². The van der Waals surface area contributed by atoms with E-state index in [0.29, 0.717) is 22.6 Å². The fourth-order valence-corrected chi connectivity index (χ4v) is 4.50. The molecule has 2 aromatic heterocycles. The molecule has 0 fully saturated rings. The van der Waals surface area contributed by atoms with E-state index in [1.54, 1.807) is 10.6 Å². The monoisotopic (exact) mass is 426 g/mol. The van der Waals surface area contributed by atoms with Crippen molar-refractivity contribution in [1.29, 1.82) is 0 Å². The summed E-state index contributed by atoms with van der Waals surface area (Å²) in [7, 11) is 0. The maximum atomic E-state index is 13.2. The summed E-state index contributed by atoms with van der Waals surface area (Å²) in [4.78, 5) is 31.3. The van der Waals surface area contributed by atoms with Gasteiger partial charge in [0.05, 0.1) is 0 Å². The number of halogens is 1. The van der Waals surface area contributed by atoms with Crippen LogP contribution < -0.4 is 11.0 Å². The van der Waals surface area contributed by atoms with Gasteiger partial charge in [-0.3, -0.25) is 14.2 Å². The lowest BCUT2D eigenvalue weighted by Crippen LogP contribution is -2.27. The van der Waals surface area contributed by atoms with Crippen LogP contribution in [0.4, 0.5) is 0 Å². The quantitative estimate of drug-likeness (QED) is 0.441. The number of aromatic nitrogens is 2. The van der Waals surface area contributed by atoms with Crippen LogP contribution >= 0.6 is 27.3 Å². The second-order valence-electron chi connectivity index (χ2n) is 6.01. The number of hydrogen-bond acceptors (Lipinski definition) is 4. The van der Waals surface area contributed by atoms with Gasteiger partial charge in [-0.2, -0.15) is 0 Å². The van der Waals surface area contributed by atoms with Gasteiger partial charge in [0.15, 0.2) is 0 Å². The van der Waals surface area contributed by atoms with Gasteiger partial charge in [-0.15, -0.1) is 11.3 Å². The van der Waals surface area contributed by atoms with Gasteiger partial charge in [0.2, 0.25) is 5.43 Å². The van der Waals surface area contributed by atoms with Crippen LogP contribution in [0.2, 0.25) is 0 Å². The molecular weight excluding hydrogens is 412 g/mol. The summed E-state index contributed by atoms with van der Waals surface area (Å²) in [6.07, 6.45) is 0.777. The lowest BCUT2D eigenvalue weighted by Gasteiger charge is -2.13. The van der Waals surface area contributed by atoms with Crippen LogP contribution in [-0.4, -0.2) is 9.55 Å². The summed E-state index contributed by atoms with van der Waals surface area (Å²) in [6.45, 7) is 2.52. The Morgan fingerprint density at radius 2 is 1.92 bits per heavy atom.